The number of phenolic OH excluding ortho intramolecular Hbond substituents is 1. The minimum atomic E-state index is 0.00420. The molecule has 0 unspecified atom stereocenters. The third kappa shape index (κ3) is 5.12. The van der Waals surface area contributed by atoms with Crippen LogP contribution >= 0.6 is 11.6 Å². The quantitative estimate of drug-likeness (QED) is 0.494. The summed E-state index contributed by atoms with van der Waals surface area (Å²) in [5.74, 6) is 1.14. The number of aromatic nitrogens is 2. The van der Waals surface area contributed by atoms with Crippen molar-refractivity contribution in [3.63, 3.8) is 0 Å². The van der Waals surface area contributed by atoms with Crippen molar-refractivity contribution < 1.29 is 9.84 Å². The summed E-state index contributed by atoms with van der Waals surface area (Å²) < 4.78 is 5.45. The van der Waals surface area contributed by atoms with Crippen LogP contribution in [0.1, 0.15) is 13.3 Å². The number of hydrogen-bond donors (Lipinski definition) is 3. The fourth-order valence-corrected chi connectivity index (χ4v) is 3.76. The Morgan fingerprint density at radius 3 is 2.62 bits per heavy atom. The molecule has 2 aromatic carbocycles. The van der Waals surface area contributed by atoms with Crippen LogP contribution in [0.2, 0.25) is 5.02 Å². The Morgan fingerprint density at radius 2 is 1.91 bits per heavy atom. The minimum Gasteiger partial charge on any atom is -0.507 e. The van der Waals surface area contributed by atoms with Crippen LogP contribution in [0, 0.1) is 0 Å². The maximum atomic E-state index is 10.3. The average molecular weight is 454 g/mol. The average Bonchev–Trinajstić information content (AvgIpc) is 2.84. The number of halogens is 1. The Labute approximate surface area is 193 Å². The monoisotopic (exact) mass is 453 g/mol. The molecule has 1 aliphatic rings. The smallest absolute Gasteiger partial charge is 0.165 e. The van der Waals surface area contributed by atoms with Gasteiger partial charge in [0.1, 0.15) is 11.6 Å². The van der Waals surface area contributed by atoms with Gasteiger partial charge in [-0.25, -0.2) is 9.97 Å². The zero-order valence-electron chi connectivity index (χ0n) is 18.1. The van der Waals surface area contributed by atoms with E-state index >= 15 is 0 Å². The van der Waals surface area contributed by atoms with Gasteiger partial charge in [-0.15, -0.1) is 0 Å². The van der Waals surface area contributed by atoms with Crippen molar-refractivity contribution in [2.45, 2.75) is 19.4 Å². The predicted octanol–water partition coefficient (Wildman–Crippen LogP) is 4.16. The van der Waals surface area contributed by atoms with Crippen molar-refractivity contribution >= 4 is 23.1 Å². The molecule has 32 heavy (non-hydrogen) atoms. The molecule has 2 heterocycles. The second-order valence-corrected chi connectivity index (χ2v) is 8.25. The Hall–Kier alpha value is -2.87. The van der Waals surface area contributed by atoms with Crippen LogP contribution in [0.4, 0.5) is 11.5 Å². The maximum Gasteiger partial charge on any atom is 0.165 e. The topological polar surface area (TPSA) is 96.5 Å². The van der Waals surface area contributed by atoms with Gasteiger partial charge in [0.2, 0.25) is 0 Å². The van der Waals surface area contributed by atoms with Gasteiger partial charge < -0.3 is 25.8 Å². The number of ether oxygens (including phenoxy) is 1. The van der Waals surface area contributed by atoms with Crippen molar-refractivity contribution in [1.82, 2.24) is 9.97 Å². The number of nitrogens with zero attached hydrogens (tertiary/aromatic N) is 3. The number of benzene rings is 2. The Bertz CT molecular complexity index is 1050. The van der Waals surface area contributed by atoms with E-state index in [-0.39, 0.29) is 11.8 Å². The van der Waals surface area contributed by atoms with Crippen LogP contribution in [0.15, 0.2) is 48.7 Å². The van der Waals surface area contributed by atoms with Crippen molar-refractivity contribution in [2.24, 2.45) is 5.73 Å². The first-order chi connectivity index (χ1) is 15.5. The molecule has 1 atom stereocenters. The molecule has 0 amide bonds. The summed E-state index contributed by atoms with van der Waals surface area (Å²) in [6, 6.07) is 13.2. The molecule has 7 nitrogen and oxygen atoms in total. The number of morpholine rings is 1. The molecule has 1 aliphatic heterocycles. The van der Waals surface area contributed by atoms with E-state index in [1.807, 2.05) is 6.92 Å². The van der Waals surface area contributed by atoms with Gasteiger partial charge in [0.05, 0.1) is 18.8 Å². The predicted molar refractivity (Wildman–Crippen MR) is 129 cm³/mol. The lowest BCUT2D eigenvalue weighted by molar-refractivity contribution is 0.122. The Morgan fingerprint density at radius 1 is 1.16 bits per heavy atom. The third-order valence-electron chi connectivity index (χ3n) is 5.60. The fraction of sp³-hybridized carbons (Fsp3) is 0.333. The van der Waals surface area contributed by atoms with Gasteiger partial charge >= 0.3 is 0 Å². The molecule has 168 valence electrons. The van der Waals surface area contributed by atoms with Crippen molar-refractivity contribution in [3.05, 3.63) is 53.7 Å². The highest BCUT2D eigenvalue weighted by Gasteiger charge is 2.16. The van der Waals surface area contributed by atoms with E-state index in [9.17, 15) is 5.11 Å². The summed E-state index contributed by atoms with van der Waals surface area (Å²) in [5.41, 5.74) is 9.64. The van der Waals surface area contributed by atoms with Crippen LogP contribution < -0.4 is 16.0 Å². The van der Waals surface area contributed by atoms with E-state index in [0.29, 0.717) is 28.8 Å². The molecule has 0 bridgehead atoms. The minimum absolute atomic E-state index is 0.00420. The van der Waals surface area contributed by atoms with Crippen LogP contribution in [-0.4, -0.2) is 54.0 Å². The summed E-state index contributed by atoms with van der Waals surface area (Å²) >= 11 is 6.12. The van der Waals surface area contributed by atoms with Crippen molar-refractivity contribution in [2.75, 3.05) is 43.1 Å². The lowest BCUT2D eigenvalue weighted by Gasteiger charge is -2.29. The molecular weight excluding hydrogens is 426 g/mol. The molecule has 1 aromatic heterocycles. The molecule has 1 saturated heterocycles. The van der Waals surface area contributed by atoms with Gasteiger partial charge in [-0.1, -0.05) is 30.7 Å². The van der Waals surface area contributed by atoms with E-state index in [1.54, 1.807) is 24.4 Å². The lowest BCUT2D eigenvalue weighted by atomic mass is 10.1. The highest BCUT2D eigenvalue weighted by molar-refractivity contribution is 6.30. The molecule has 1 fully saturated rings. The number of aromatic hydroxyl groups is 1. The summed E-state index contributed by atoms with van der Waals surface area (Å²) in [5, 5.41) is 14.2. The molecule has 0 saturated carbocycles. The molecule has 4 rings (SSSR count). The molecule has 0 aliphatic carbocycles. The Balaban J connectivity index is 1.67. The van der Waals surface area contributed by atoms with E-state index < -0.39 is 0 Å². The molecule has 4 N–H and O–H groups in total. The van der Waals surface area contributed by atoms with Crippen LogP contribution in [0.25, 0.3) is 22.5 Å². The number of nitrogens with one attached hydrogen (secondary N) is 1. The van der Waals surface area contributed by atoms with E-state index in [1.165, 1.54) is 5.69 Å². The van der Waals surface area contributed by atoms with Crippen LogP contribution in [0.3, 0.4) is 0 Å². The van der Waals surface area contributed by atoms with Gasteiger partial charge in [0, 0.05) is 48.1 Å². The number of rotatable bonds is 7. The Kier molecular flexibility index (Phi) is 7.09. The summed E-state index contributed by atoms with van der Waals surface area (Å²) in [7, 11) is 0. The third-order valence-corrected chi connectivity index (χ3v) is 5.83. The zero-order valence-corrected chi connectivity index (χ0v) is 18.8. The standard InChI is InChI=1S/C24H28ClN5O2/c1-2-18(26)14-27-24-21(15-28-23(29-24)20-13-17(25)5-8-22(20)31)16-3-6-19(7-4-16)30-9-11-32-12-10-30/h3-8,13,15,18,31H,2,9-12,14,26H2,1H3,(H,27,28,29)/t18-/m1/s1. The van der Waals surface area contributed by atoms with E-state index in [4.69, 9.17) is 27.1 Å². The van der Waals surface area contributed by atoms with Crippen molar-refractivity contribution in [1.29, 1.82) is 0 Å². The highest BCUT2D eigenvalue weighted by Crippen LogP contribution is 2.33. The summed E-state index contributed by atoms with van der Waals surface area (Å²) in [4.78, 5) is 11.5. The molecule has 3 aromatic rings. The summed E-state index contributed by atoms with van der Waals surface area (Å²) in [6.07, 6.45) is 2.62. The SMILES string of the molecule is CC[C@@H](N)CNc1nc(-c2cc(Cl)ccc2O)ncc1-c1ccc(N2CCOCC2)cc1. The van der Waals surface area contributed by atoms with Gasteiger partial charge in [-0.05, 0) is 42.3 Å². The fourth-order valence-electron chi connectivity index (χ4n) is 3.59. The van der Waals surface area contributed by atoms with Crippen LogP contribution in [0.5, 0.6) is 5.75 Å². The molecular formula is C24H28ClN5O2. The molecule has 8 heteroatoms. The largest absolute Gasteiger partial charge is 0.507 e. The lowest BCUT2D eigenvalue weighted by Crippen LogP contribution is -2.36. The summed E-state index contributed by atoms with van der Waals surface area (Å²) in [6.45, 7) is 5.91. The number of hydrogen-bond acceptors (Lipinski definition) is 7. The maximum absolute atomic E-state index is 10.3. The van der Waals surface area contributed by atoms with Gasteiger partial charge in [-0.2, -0.15) is 0 Å². The molecule has 0 spiro atoms. The molecule has 0 radical (unpaired) electrons. The zero-order chi connectivity index (χ0) is 22.5. The second kappa shape index (κ2) is 10.2. The first-order valence-corrected chi connectivity index (χ1v) is 11.2. The number of phenols is 1. The van der Waals surface area contributed by atoms with Gasteiger partial charge in [0.15, 0.2) is 5.82 Å². The van der Waals surface area contributed by atoms with E-state index in [0.717, 1.165) is 43.9 Å². The van der Waals surface area contributed by atoms with Gasteiger partial charge in [-0.3, -0.25) is 0 Å². The van der Waals surface area contributed by atoms with Gasteiger partial charge in [0.25, 0.3) is 0 Å². The first kappa shape index (κ1) is 22.3. The first-order valence-electron chi connectivity index (χ1n) is 10.8. The highest BCUT2D eigenvalue weighted by atomic mass is 35.5. The van der Waals surface area contributed by atoms with Crippen molar-refractivity contribution in [3.8, 4) is 28.3 Å². The second-order valence-electron chi connectivity index (χ2n) is 7.81. The number of nitrogens with two attached hydrogens (primary N) is 1. The van der Waals surface area contributed by atoms with Crippen LogP contribution in [-0.2, 0) is 4.74 Å². The van der Waals surface area contributed by atoms with E-state index in [2.05, 4.69) is 39.5 Å². The normalized spacial score (nSPS) is 14.9. The number of anilines is 2.